The fourth-order valence-corrected chi connectivity index (χ4v) is 1.51. The van der Waals surface area contributed by atoms with Gasteiger partial charge >= 0.3 is 5.97 Å². The van der Waals surface area contributed by atoms with Gasteiger partial charge in [0.05, 0.1) is 11.3 Å². The first-order valence-electron chi connectivity index (χ1n) is 4.67. The monoisotopic (exact) mass is 192 g/mol. The first-order valence-corrected chi connectivity index (χ1v) is 4.67. The largest absolute Gasteiger partial charge is 0.478 e. The normalized spacial score (nSPS) is 16.3. The van der Waals surface area contributed by atoms with Crippen LogP contribution >= 0.6 is 0 Å². The number of nitrogens with zero attached hydrogens (tertiary/aromatic N) is 2. The van der Waals surface area contributed by atoms with Crippen LogP contribution in [0.25, 0.3) is 0 Å². The smallest absolute Gasteiger partial charge is 0.337 e. The number of rotatable bonds is 3. The van der Waals surface area contributed by atoms with Crippen molar-refractivity contribution in [2.45, 2.75) is 13.0 Å². The Labute approximate surface area is 82.2 Å². The minimum Gasteiger partial charge on any atom is -0.478 e. The van der Waals surface area contributed by atoms with E-state index in [1.54, 1.807) is 18.3 Å². The Kier molecular flexibility index (Phi) is 2.45. The van der Waals surface area contributed by atoms with Crippen LogP contribution in [-0.2, 0) is 6.54 Å². The van der Waals surface area contributed by atoms with E-state index in [-0.39, 0.29) is 0 Å². The molecule has 1 aromatic rings. The maximum Gasteiger partial charge on any atom is 0.337 e. The summed E-state index contributed by atoms with van der Waals surface area (Å²) in [7, 11) is 0. The fourth-order valence-electron chi connectivity index (χ4n) is 1.51. The molecule has 0 bridgehead atoms. The third kappa shape index (κ3) is 1.75. The molecule has 1 saturated heterocycles. The number of hydrogen-bond acceptors (Lipinski definition) is 3. The highest BCUT2D eigenvalue weighted by Crippen LogP contribution is 2.13. The molecule has 1 aliphatic heterocycles. The second kappa shape index (κ2) is 3.75. The van der Waals surface area contributed by atoms with E-state index in [1.807, 2.05) is 0 Å². The summed E-state index contributed by atoms with van der Waals surface area (Å²) in [5.41, 5.74) is 0.985. The van der Waals surface area contributed by atoms with Crippen molar-refractivity contribution in [1.29, 1.82) is 0 Å². The lowest BCUT2D eigenvalue weighted by Gasteiger charge is -2.30. The van der Waals surface area contributed by atoms with Crippen LogP contribution in [0, 0.1) is 0 Å². The fraction of sp³-hybridized carbons (Fsp3) is 0.400. The molecule has 0 atom stereocenters. The Bertz CT molecular complexity index is 348. The predicted molar refractivity (Wildman–Crippen MR) is 51.1 cm³/mol. The Morgan fingerprint density at radius 3 is 2.93 bits per heavy atom. The van der Waals surface area contributed by atoms with Gasteiger partial charge in [0.2, 0.25) is 0 Å². The SMILES string of the molecule is O=C(O)c1cccnc1CN1CCC1. The molecule has 14 heavy (non-hydrogen) atoms. The van der Waals surface area contributed by atoms with E-state index < -0.39 is 5.97 Å². The Morgan fingerprint density at radius 2 is 2.36 bits per heavy atom. The zero-order chi connectivity index (χ0) is 9.97. The third-order valence-corrected chi connectivity index (χ3v) is 2.44. The van der Waals surface area contributed by atoms with Crippen molar-refractivity contribution in [2.24, 2.45) is 0 Å². The summed E-state index contributed by atoms with van der Waals surface area (Å²) in [5, 5.41) is 8.91. The van der Waals surface area contributed by atoms with Gasteiger partial charge in [-0.25, -0.2) is 4.79 Å². The molecule has 0 unspecified atom stereocenters. The van der Waals surface area contributed by atoms with Crippen molar-refractivity contribution >= 4 is 5.97 Å². The highest BCUT2D eigenvalue weighted by atomic mass is 16.4. The molecule has 0 aliphatic carbocycles. The Balaban J connectivity index is 2.17. The van der Waals surface area contributed by atoms with E-state index in [9.17, 15) is 4.79 Å². The number of aromatic carboxylic acids is 1. The summed E-state index contributed by atoms with van der Waals surface area (Å²) >= 11 is 0. The third-order valence-electron chi connectivity index (χ3n) is 2.44. The predicted octanol–water partition coefficient (Wildman–Crippen LogP) is 0.986. The number of carboxylic acid groups (broad SMARTS) is 1. The molecule has 74 valence electrons. The van der Waals surface area contributed by atoms with Crippen LogP contribution in [0.4, 0.5) is 0 Å². The van der Waals surface area contributed by atoms with Crippen LogP contribution in [0.5, 0.6) is 0 Å². The van der Waals surface area contributed by atoms with E-state index >= 15 is 0 Å². The van der Waals surface area contributed by atoms with E-state index in [0.29, 0.717) is 17.8 Å². The van der Waals surface area contributed by atoms with Gasteiger partial charge in [0.15, 0.2) is 0 Å². The van der Waals surface area contributed by atoms with Crippen molar-refractivity contribution in [1.82, 2.24) is 9.88 Å². The van der Waals surface area contributed by atoms with Crippen LogP contribution in [0.2, 0.25) is 0 Å². The molecular formula is C10H12N2O2. The van der Waals surface area contributed by atoms with Gasteiger partial charge in [-0.05, 0) is 31.6 Å². The van der Waals surface area contributed by atoms with E-state index in [0.717, 1.165) is 13.1 Å². The minimum atomic E-state index is -0.895. The van der Waals surface area contributed by atoms with Crippen molar-refractivity contribution in [3.05, 3.63) is 29.6 Å². The molecule has 1 N–H and O–H groups in total. The number of pyridine rings is 1. The summed E-state index contributed by atoms with van der Waals surface area (Å²) in [4.78, 5) is 17.1. The lowest BCUT2D eigenvalue weighted by Crippen LogP contribution is -2.37. The standard InChI is InChI=1S/C10H12N2O2/c13-10(14)8-3-1-4-11-9(8)7-12-5-2-6-12/h1,3-4H,2,5-7H2,(H,13,14). The maximum atomic E-state index is 10.9. The van der Waals surface area contributed by atoms with Gasteiger partial charge in [-0.1, -0.05) is 0 Å². The lowest BCUT2D eigenvalue weighted by molar-refractivity contribution is 0.0692. The number of carbonyl (C=O) groups is 1. The van der Waals surface area contributed by atoms with Crippen molar-refractivity contribution < 1.29 is 9.90 Å². The van der Waals surface area contributed by atoms with Crippen molar-refractivity contribution in [2.75, 3.05) is 13.1 Å². The molecule has 4 heteroatoms. The molecular weight excluding hydrogens is 180 g/mol. The zero-order valence-corrected chi connectivity index (χ0v) is 7.81. The van der Waals surface area contributed by atoms with Crippen LogP contribution in [0.15, 0.2) is 18.3 Å². The van der Waals surface area contributed by atoms with Gasteiger partial charge in [-0.2, -0.15) is 0 Å². The van der Waals surface area contributed by atoms with Crippen molar-refractivity contribution in [3.63, 3.8) is 0 Å². The van der Waals surface area contributed by atoms with Gasteiger partial charge in [0.1, 0.15) is 0 Å². The second-order valence-corrected chi connectivity index (χ2v) is 3.43. The number of hydrogen-bond donors (Lipinski definition) is 1. The van der Waals surface area contributed by atoms with E-state index in [1.165, 1.54) is 6.42 Å². The highest BCUT2D eigenvalue weighted by molar-refractivity contribution is 5.88. The van der Waals surface area contributed by atoms with Gasteiger partial charge < -0.3 is 5.11 Å². The number of carboxylic acids is 1. The molecule has 1 aliphatic rings. The van der Waals surface area contributed by atoms with Crippen LogP contribution in [0.3, 0.4) is 0 Å². The molecule has 4 nitrogen and oxygen atoms in total. The van der Waals surface area contributed by atoms with Gasteiger partial charge in [0.25, 0.3) is 0 Å². The molecule has 0 radical (unpaired) electrons. The van der Waals surface area contributed by atoms with Gasteiger partial charge in [-0.3, -0.25) is 9.88 Å². The van der Waals surface area contributed by atoms with Crippen molar-refractivity contribution in [3.8, 4) is 0 Å². The Hall–Kier alpha value is -1.42. The highest BCUT2D eigenvalue weighted by Gasteiger charge is 2.18. The Morgan fingerprint density at radius 1 is 1.57 bits per heavy atom. The summed E-state index contributed by atoms with van der Waals surface area (Å²) in [6.45, 7) is 2.76. The average Bonchev–Trinajstić information content (AvgIpc) is 2.12. The molecule has 0 saturated carbocycles. The van der Waals surface area contributed by atoms with E-state index in [4.69, 9.17) is 5.11 Å². The zero-order valence-electron chi connectivity index (χ0n) is 7.81. The molecule has 0 spiro atoms. The number of aromatic nitrogens is 1. The van der Waals surface area contributed by atoms with E-state index in [2.05, 4.69) is 9.88 Å². The first-order chi connectivity index (χ1) is 6.77. The molecule has 2 heterocycles. The topological polar surface area (TPSA) is 53.4 Å². The lowest BCUT2D eigenvalue weighted by atomic mass is 10.1. The first kappa shape index (κ1) is 9.15. The minimum absolute atomic E-state index is 0.319. The quantitative estimate of drug-likeness (QED) is 0.775. The van der Waals surface area contributed by atoms with Crippen LogP contribution < -0.4 is 0 Å². The molecule has 0 aromatic carbocycles. The van der Waals surface area contributed by atoms with Gasteiger partial charge in [-0.15, -0.1) is 0 Å². The molecule has 2 rings (SSSR count). The van der Waals surface area contributed by atoms with Crippen LogP contribution in [-0.4, -0.2) is 34.0 Å². The summed E-state index contributed by atoms with van der Waals surface area (Å²) in [5.74, 6) is -0.895. The summed E-state index contributed by atoms with van der Waals surface area (Å²) < 4.78 is 0. The molecule has 1 fully saturated rings. The van der Waals surface area contributed by atoms with Crippen LogP contribution in [0.1, 0.15) is 22.5 Å². The molecule has 1 aromatic heterocycles. The van der Waals surface area contributed by atoms with Gasteiger partial charge in [0, 0.05) is 12.7 Å². The average molecular weight is 192 g/mol. The maximum absolute atomic E-state index is 10.9. The second-order valence-electron chi connectivity index (χ2n) is 3.43. The molecule has 0 amide bonds. The number of likely N-dealkylation sites (tertiary alicyclic amines) is 1. The summed E-state index contributed by atoms with van der Waals surface area (Å²) in [6.07, 6.45) is 2.84. The summed E-state index contributed by atoms with van der Waals surface area (Å²) in [6, 6.07) is 3.26.